The van der Waals surface area contributed by atoms with Gasteiger partial charge in [-0.05, 0) is 33.9 Å². The predicted octanol–water partition coefficient (Wildman–Crippen LogP) is 2.21. The molecule has 0 radical (unpaired) electrons. The minimum atomic E-state index is 1.11. The first-order valence-electron chi connectivity index (χ1n) is 4.18. The van der Waals surface area contributed by atoms with Crippen LogP contribution in [-0.2, 0) is 0 Å². The van der Waals surface area contributed by atoms with Crippen LogP contribution in [0.5, 0.6) is 0 Å². The van der Waals surface area contributed by atoms with Crippen LogP contribution in [0, 0.1) is 0 Å². The van der Waals surface area contributed by atoms with Gasteiger partial charge in [-0.1, -0.05) is 23.3 Å². The summed E-state index contributed by atoms with van der Waals surface area (Å²) in [5.41, 5.74) is 3.06. The topological polar surface area (TPSA) is 3.24 Å². The molecule has 0 amide bonds. The maximum atomic E-state index is 2.26. The summed E-state index contributed by atoms with van der Waals surface area (Å²) in [6.07, 6.45) is 7.00. The largest absolute Gasteiger partial charge is 0.305 e. The van der Waals surface area contributed by atoms with E-state index in [2.05, 4.69) is 38.1 Å². The average molecular weight is 151 g/mol. The average Bonchev–Trinajstić information content (AvgIpc) is 1.93. The number of allylic oxidation sites excluding steroid dienone is 3. The second kappa shape index (κ2) is 3.72. The first-order valence-corrected chi connectivity index (χ1v) is 4.18. The third-order valence-corrected chi connectivity index (χ3v) is 1.96. The molecule has 0 fully saturated rings. The van der Waals surface area contributed by atoms with E-state index in [9.17, 15) is 0 Å². The van der Waals surface area contributed by atoms with Gasteiger partial charge in [-0.25, -0.2) is 0 Å². The van der Waals surface area contributed by atoms with Crippen molar-refractivity contribution in [3.63, 3.8) is 0 Å². The molecule has 1 nitrogen and oxygen atoms in total. The number of nitrogens with zero attached hydrogens (tertiary/aromatic N) is 1. The van der Waals surface area contributed by atoms with Crippen LogP contribution < -0.4 is 0 Å². The summed E-state index contributed by atoms with van der Waals surface area (Å²) in [5, 5.41) is 0. The van der Waals surface area contributed by atoms with Crippen molar-refractivity contribution in [2.75, 3.05) is 20.6 Å². The van der Waals surface area contributed by atoms with Crippen molar-refractivity contribution < 1.29 is 0 Å². The quantitative estimate of drug-likeness (QED) is 0.585. The maximum absolute atomic E-state index is 2.26. The van der Waals surface area contributed by atoms with Crippen LogP contribution in [0.2, 0.25) is 0 Å². The Morgan fingerprint density at radius 3 is 2.45 bits per heavy atom. The normalized spacial score (nSPS) is 18.2. The molecule has 62 valence electrons. The molecule has 0 heterocycles. The van der Waals surface area contributed by atoms with E-state index >= 15 is 0 Å². The zero-order chi connectivity index (χ0) is 8.27. The summed E-state index contributed by atoms with van der Waals surface area (Å²) in [6, 6.07) is 0. The number of hydrogen-bond donors (Lipinski definition) is 0. The van der Waals surface area contributed by atoms with E-state index in [0.29, 0.717) is 0 Å². The molecule has 1 aliphatic rings. The van der Waals surface area contributed by atoms with Crippen molar-refractivity contribution in [3.8, 4) is 0 Å². The summed E-state index contributed by atoms with van der Waals surface area (Å²) in [6.45, 7) is 3.31. The summed E-state index contributed by atoms with van der Waals surface area (Å²) >= 11 is 0. The van der Waals surface area contributed by atoms with Crippen LogP contribution >= 0.6 is 0 Å². The molecule has 11 heavy (non-hydrogen) atoms. The van der Waals surface area contributed by atoms with Crippen molar-refractivity contribution in [1.29, 1.82) is 0 Å². The minimum absolute atomic E-state index is 1.11. The fourth-order valence-corrected chi connectivity index (χ4v) is 1.32. The van der Waals surface area contributed by atoms with Crippen LogP contribution in [0.4, 0.5) is 0 Å². The molecule has 0 aromatic carbocycles. The second-order valence-electron chi connectivity index (χ2n) is 3.58. The smallest absolute Gasteiger partial charge is 0.0190 e. The molecule has 0 spiro atoms. The molecule has 0 aromatic rings. The lowest BCUT2D eigenvalue weighted by molar-refractivity contribution is 0.438. The zero-order valence-electron chi connectivity index (χ0n) is 7.72. The SMILES string of the molecule is CC1=CC=C(CN(C)C)CC1. The van der Waals surface area contributed by atoms with Gasteiger partial charge in [-0.2, -0.15) is 0 Å². The van der Waals surface area contributed by atoms with Gasteiger partial charge in [0, 0.05) is 6.54 Å². The molecule has 0 bridgehead atoms. The van der Waals surface area contributed by atoms with E-state index in [-0.39, 0.29) is 0 Å². The highest BCUT2D eigenvalue weighted by atomic mass is 15.0. The lowest BCUT2D eigenvalue weighted by atomic mass is 9.99. The lowest BCUT2D eigenvalue weighted by Gasteiger charge is -2.15. The molecule has 0 aromatic heterocycles. The predicted molar refractivity (Wildman–Crippen MR) is 49.6 cm³/mol. The molecule has 1 rings (SSSR count). The Labute approximate surface area is 69.4 Å². The van der Waals surface area contributed by atoms with Crippen molar-refractivity contribution in [1.82, 2.24) is 4.90 Å². The molecule has 1 heteroatoms. The van der Waals surface area contributed by atoms with E-state index in [4.69, 9.17) is 0 Å². The summed E-state index contributed by atoms with van der Waals surface area (Å²) in [4.78, 5) is 2.22. The zero-order valence-corrected chi connectivity index (χ0v) is 7.72. The van der Waals surface area contributed by atoms with Gasteiger partial charge in [0.25, 0.3) is 0 Å². The number of hydrogen-bond acceptors (Lipinski definition) is 1. The van der Waals surface area contributed by atoms with Crippen molar-refractivity contribution in [3.05, 3.63) is 23.3 Å². The Bertz CT molecular complexity index is 187. The van der Waals surface area contributed by atoms with Crippen molar-refractivity contribution in [2.45, 2.75) is 19.8 Å². The van der Waals surface area contributed by atoms with Crippen LogP contribution in [0.3, 0.4) is 0 Å². The molecule has 0 aliphatic heterocycles. The first-order chi connectivity index (χ1) is 5.18. The van der Waals surface area contributed by atoms with Gasteiger partial charge in [0.2, 0.25) is 0 Å². The van der Waals surface area contributed by atoms with Gasteiger partial charge in [0.1, 0.15) is 0 Å². The molecule has 0 atom stereocenters. The highest BCUT2D eigenvalue weighted by molar-refractivity contribution is 5.23. The van der Waals surface area contributed by atoms with E-state index in [0.717, 1.165) is 6.54 Å². The molecule has 0 N–H and O–H groups in total. The number of likely N-dealkylation sites (N-methyl/N-ethyl adjacent to an activating group) is 1. The van der Waals surface area contributed by atoms with E-state index < -0.39 is 0 Å². The van der Waals surface area contributed by atoms with Gasteiger partial charge in [-0.15, -0.1) is 0 Å². The highest BCUT2D eigenvalue weighted by Gasteiger charge is 2.03. The molecule has 0 saturated heterocycles. The number of rotatable bonds is 2. The molecule has 0 saturated carbocycles. The first kappa shape index (κ1) is 8.54. The van der Waals surface area contributed by atoms with Crippen LogP contribution in [0.1, 0.15) is 19.8 Å². The second-order valence-corrected chi connectivity index (χ2v) is 3.58. The molecule has 1 aliphatic carbocycles. The standard InChI is InChI=1S/C10H17N/c1-9-4-6-10(7-5-9)8-11(2)3/h4,6H,5,7-8H2,1-3H3. The van der Waals surface area contributed by atoms with Crippen LogP contribution in [-0.4, -0.2) is 25.5 Å². The molecule has 0 unspecified atom stereocenters. The Morgan fingerprint density at radius 1 is 1.27 bits per heavy atom. The Kier molecular flexibility index (Phi) is 2.89. The minimum Gasteiger partial charge on any atom is -0.305 e. The fraction of sp³-hybridized carbons (Fsp3) is 0.600. The molecular weight excluding hydrogens is 134 g/mol. The van der Waals surface area contributed by atoms with Crippen molar-refractivity contribution in [2.24, 2.45) is 0 Å². The lowest BCUT2D eigenvalue weighted by Crippen LogP contribution is -2.15. The summed E-state index contributed by atoms with van der Waals surface area (Å²) in [7, 11) is 4.23. The van der Waals surface area contributed by atoms with Crippen LogP contribution in [0.25, 0.3) is 0 Å². The summed E-state index contributed by atoms with van der Waals surface area (Å²) in [5.74, 6) is 0. The van der Waals surface area contributed by atoms with Crippen molar-refractivity contribution >= 4 is 0 Å². The van der Waals surface area contributed by atoms with Gasteiger partial charge in [-0.3, -0.25) is 0 Å². The van der Waals surface area contributed by atoms with E-state index in [1.165, 1.54) is 18.4 Å². The Morgan fingerprint density at radius 2 is 2.00 bits per heavy atom. The maximum Gasteiger partial charge on any atom is 0.0190 e. The summed E-state index contributed by atoms with van der Waals surface area (Å²) < 4.78 is 0. The Balaban J connectivity index is 2.48. The fourth-order valence-electron chi connectivity index (χ4n) is 1.32. The third kappa shape index (κ3) is 2.89. The Hall–Kier alpha value is -0.560. The van der Waals surface area contributed by atoms with Gasteiger partial charge >= 0.3 is 0 Å². The monoisotopic (exact) mass is 151 g/mol. The third-order valence-electron chi connectivity index (χ3n) is 1.96. The molecular formula is C10H17N. The van der Waals surface area contributed by atoms with E-state index in [1.807, 2.05) is 0 Å². The van der Waals surface area contributed by atoms with Gasteiger partial charge in [0.15, 0.2) is 0 Å². The van der Waals surface area contributed by atoms with E-state index in [1.54, 1.807) is 5.57 Å². The van der Waals surface area contributed by atoms with Crippen LogP contribution in [0.15, 0.2) is 23.3 Å². The highest BCUT2D eigenvalue weighted by Crippen LogP contribution is 2.17. The van der Waals surface area contributed by atoms with Gasteiger partial charge in [0.05, 0.1) is 0 Å². The van der Waals surface area contributed by atoms with Gasteiger partial charge < -0.3 is 4.90 Å².